The lowest BCUT2D eigenvalue weighted by Gasteiger charge is -2.31. The molecule has 158 valence electrons. The molecule has 1 aliphatic heterocycles. The number of carboxylic acids is 1. The average molecular weight is 403 g/mol. The monoisotopic (exact) mass is 403 g/mol. The van der Waals surface area contributed by atoms with Crippen LogP contribution >= 0.6 is 0 Å². The van der Waals surface area contributed by atoms with Crippen molar-refractivity contribution in [3.05, 3.63) is 17.5 Å². The lowest BCUT2D eigenvalue weighted by Crippen LogP contribution is -2.36. The molecule has 1 N–H and O–H groups in total. The third-order valence-corrected chi connectivity index (χ3v) is 5.28. The van der Waals surface area contributed by atoms with Gasteiger partial charge in [-0.05, 0) is 44.4 Å². The van der Waals surface area contributed by atoms with Gasteiger partial charge in [-0.2, -0.15) is 18.3 Å². The van der Waals surface area contributed by atoms with Gasteiger partial charge < -0.3 is 9.84 Å². The van der Waals surface area contributed by atoms with Gasteiger partial charge in [-0.1, -0.05) is 0 Å². The summed E-state index contributed by atoms with van der Waals surface area (Å²) >= 11 is 0. The molecule has 2 saturated carbocycles. The first-order valence-corrected chi connectivity index (χ1v) is 9.92. The van der Waals surface area contributed by atoms with Crippen molar-refractivity contribution in [2.75, 3.05) is 26.3 Å². The predicted molar refractivity (Wildman–Crippen MR) is 95.9 cm³/mol. The molecule has 1 unspecified atom stereocenters. The summed E-state index contributed by atoms with van der Waals surface area (Å²) in [4.78, 5) is 11.5. The van der Waals surface area contributed by atoms with Crippen molar-refractivity contribution in [3.63, 3.8) is 0 Å². The third-order valence-electron chi connectivity index (χ3n) is 5.28. The van der Waals surface area contributed by atoms with Crippen LogP contribution in [-0.4, -0.2) is 58.2 Å². The Kier molecular flexibility index (Phi) is 6.65. The summed E-state index contributed by atoms with van der Waals surface area (Å²) in [6.07, 6.45) is 2.86. The van der Waals surface area contributed by atoms with Gasteiger partial charge in [-0.25, -0.2) is 4.79 Å². The van der Waals surface area contributed by atoms with E-state index in [1.165, 1.54) is 43.5 Å². The van der Waals surface area contributed by atoms with Gasteiger partial charge in [0.1, 0.15) is 0 Å². The Labute approximate surface area is 162 Å². The Hall–Kier alpha value is -1.61. The van der Waals surface area contributed by atoms with Crippen LogP contribution in [0.5, 0.6) is 0 Å². The zero-order valence-corrected chi connectivity index (χ0v) is 16.1. The van der Waals surface area contributed by atoms with Crippen molar-refractivity contribution in [2.24, 2.45) is 11.8 Å². The van der Waals surface area contributed by atoms with E-state index >= 15 is 0 Å². The van der Waals surface area contributed by atoms with E-state index in [2.05, 4.69) is 22.7 Å². The van der Waals surface area contributed by atoms with Crippen molar-refractivity contribution in [1.29, 1.82) is 0 Å². The fourth-order valence-corrected chi connectivity index (χ4v) is 3.49. The minimum absolute atomic E-state index is 0.514. The highest BCUT2D eigenvalue weighted by molar-refractivity contribution is 5.73. The first-order valence-electron chi connectivity index (χ1n) is 9.92. The van der Waals surface area contributed by atoms with E-state index < -0.39 is 12.1 Å². The molecule has 2 heterocycles. The van der Waals surface area contributed by atoms with E-state index in [1.807, 2.05) is 0 Å². The molecule has 2 fully saturated rings. The number of hydrogen-bond acceptors (Lipinski definition) is 4. The maximum atomic E-state index is 10.6. The molecular formula is C19H28F3N3O3. The first-order chi connectivity index (χ1) is 13.3. The number of alkyl halides is 3. The number of carbonyl (C=O) groups is 1. The van der Waals surface area contributed by atoms with Crippen LogP contribution in [0.3, 0.4) is 0 Å². The summed E-state index contributed by atoms with van der Waals surface area (Å²) in [5.74, 6) is -0.403. The minimum atomic E-state index is -5.08. The van der Waals surface area contributed by atoms with Crippen LogP contribution < -0.4 is 0 Å². The molecule has 3 aliphatic rings. The van der Waals surface area contributed by atoms with Crippen LogP contribution in [-0.2, 0) is 22.6 Å². The van der Waals surface area contributed by atoms with Crippen molar-refractivity contribution in [1.82, 2.24) is 14.7 Å². The molecule has 6 nitrogen and oxygen atoms in total. The number of nitrogens with zero attached hydrogens (tertiary/aromatic N) is 3. The fraction of sp³-hybridized carbons (Fsp3) is 0.789. The van der Waals surface area contributed by atoms with Gasteiger partial charge in [0.25, 0.3) is 0 Å². The number of aliphatic carboxylic acids is 1. The van der Waals surface area contributed by atoms with Gasteiger partial charge in [0.05, 0.1) is 12.3 Å². The molecule has 9 heteroatoms. The number of rotatable bonds is 7. The average Bonchev–Trinajstić information content (AvgIpc) is 3.52. The van der Waals surface area contributed by atoms with Crippen molar-refractivity contribution < 1.29 is 27.8 Å². The van der Waals surface area contributed by atoms with Crippen LogP contribution in [0.25, 0.3) is 0 Å². The van der Waals surface area contributed by atoms with Crippen LogP contribution in [0.15, 0.2) is 6.20 Å². The zero-order valence-electron chi connectivity index (χ0n) is 16.1. The first kappa shape index (κ1) is 21.1. The zero-order chi connectivity index (χ0) is 20.3. The lowest BCUT2D eigenvalue weighted by atomic mass is 9.95. The number of aromatic nitrogens is 2. The van der Waals surface area contributed by atoms with Crippen molar-refractivity contribution in [3.8, 4) is 0 Å². The number of fused-ring (bicyclic) bond motifs is 1. The Bertz CT molecular complexity index is 669. The number of halogens is 3. The van der Waals surface area contributed by atoms with Crippen LogP contribution in [0.2, 0.25) is 0 Å². The summed E-state index contributed by atoms with van der Waals surface area (Å²) in [6.45, 7) is 8.33. The Morgan fingerprint density at radius 1 is 1.25 bits per heavy atom. The lowest BCUT2D eigenvalue weighted by molar-refractivity contribution is -0.192. The molecule has 0 bridgehead atoms. The number of ether oxygens (including phenoxy) is 1. The Morgan fingerprint density at radius 2 is 1.86 bits per heavy atom. The van der Waals surface area contributed by atoms with E-state index in [9.17, 15) is 13.2 Å². The summed E-state index contributed by atoms with van der Waals surface area (Å²) in [5, 5.41) is 12.0. The van der Waals surface area contributed by atoms with Gasteiger partial charge in [0.2, 0.25) is 0 Å². The fourth-order valence-electron chi connectivity index (χ4n) is 3.49. The second kappa shape index (κ2) is 8.82. The van der Waals surface area contributed by atoms with Crippen molar-refractivity contribution >= 4 is 5.97 Å². The maximum absolute atomic E-state index is 10.6. The molecule has 0 spiro atoms. The quantitative estimate of drug-likeness (QED) is 0.757. The molecule has 0 saturated heterocycles. The molecule has 0 radical (unpaired) electrons. The highest BCUT2D eigenvalue weighted by Gasteiger charge is 2.38. The van der Waals surface area contributed by atoms with Gasteiger partial charge in [0.15, 0.2) is 0 Å². The normalized spacial score (nSPS) is 22.4. The standard InChI is InChI=1S/C17H27N3O.C2HF3O2/c1-2-21-12-15-9-19(7-13-3-4-13)11-17-16(15)10-20(18-17)8-14-5-6-14;3-2(4,5)1(6)7/h10,13-15H,2-9,11-12H2,1H3;(H,6,7). The number of carboxylic acid groups (broad SMARTS) is 1. The maximum Gasteiger partial charge on any atom is 0.490 e. The summed E-state index contributed by atoms with van der Waals surface area (Å²) in [5.41, 5.74) is 2.77. The molecule has 1 aromatic heterocycles. The highest BCUT2D eigenvalue weighted by Crippen LogP contribution is 2.35. The highest BCUT2D eigenvalue weighted by atomic mass is 19.4. The summed E-state index contributed by atoms with van der Waals surface area (Å²) in [7, 11) is 0. The molecule has 4 rings (SSSR count). The smallest absolute Gasteiger partial charge is 0.475 e. The molecule has 1 atom stereocenters. The Balaban J connectivity index is 0.000000279. The molecule has 1 aromatic rings. The molecule has 0 amide bonds. The number of hydrogen-bond donors (Lipinski definition) is 1. The van der Waals surface area contributed by atoms with Gasteiger partial charge in [0, 0.05) is 50.5 Å². The van der Waals surface area contributed by atoms with Gasteiger partial charge in [-0.15, -0.1) is 0 Å². The van der Waals surface area contributed by atoms with Crippen LogP contribution in [0, 0.1) is 11.8 Å². The van der Waals surface area contributed by atoms with E-state index in [0.29, 0.717) is 5.92 Å². The van der Waals surface area contributed by atoms with Gasteiger partial charge >= 0.3 is 12.1 Å². The largest absolute Gasteiger partial charge is 0.490 e. The van der Waals surface area contributed by atoms with Crippen molar-refractivity contribution in [2.45, 2.75) is 57.8 Å². The third kappa shape index (κ3) is 6.20. The molecule has 0 aromatic carbocycles. The second-order valence-electron chi connectivity index (χ2n) is 7.99. The second-order valence-corrected chi connectivity index (χ2v) is 7.99. The molecular weight excluding hydrogens is 375 g/mol. The molecule has 2 aliphatic carbocycles. The Morgan fingerprint density at radius 3 is 2.39 bits per heavy atom. The predicted octanol–water partition coefficient (Wildman–Crippen LogP) is 3.27. The van der Waals surface area contributed by atoms with Crippen LogP contribution in [0.4, 0.5) is 13.2 Å². The van der Waals surface area contributed by atoms with E-state index in [0.717, 1.165) is 44.7 Å². The van der Waals surface area contributed by atoms with E-state index in [4.69, 9.17) is 19.7 Å². The van der Waals surface area contributed by atoms with E-state index in [1.54, 1.807) is 0 Å². The van der Waals surface area contributed by atoms with E-state index in [-0.39, 0.29) is 0 Å². The topological polar surface area (TPSA) is 67.6 Å². The summed E-state index contributed by atoms with van der Waals surface area (Å²) in [6, 6.07) is 0. The van der Waals surface area contributed by atoms with Gasteiger partial charge in [-0.3, -0.25) is 9.58 Å². The SMILES string of the molecule is CCOCC1CN(CC2CC2)Cc2nn(CC3CC3)cc21.O=C(O)C(F)(F)F. The molecule has 28 heavy (non-hydrogen) atoms. The van der Waals surface area contributed by atoms with Crippen LogP contribution in [0.1, 0.15) is 49.8 Å². The summed E-state index contributed by atoms with van der Waals surface area (Å²) < 4.78 is 39.7. The minimum Gasteiger partial charge on any atom is -0.475 e.